The summed E-state index contributed by atoms with van der Waals surface area (Å²) in [5.41, 5.74) is 3.03. The van der Waals surface area contributed by atoms with Crippen molar-refractivity contribution in [3.63, 3.8) is 0 Å². The Bertz CT molecular complexity index is 1330. The molecule has 32 heavy (non-hydrogen) atoms. The Morgan fingerprint density at radius 2 is 1.75 bits per heavy atom. The molecule has 0 saturated heterocycles. The first kappa shape index (κ1) is 21.3. The standard InChI is InChI=1S/C22H20N6O3S/c1-14-6-8-15(9-7-14)26-19(29)11-32-12-20(30)27-17-4-2-3-5-18(17)28-21-16(10-25-28)22(31)24-13-23-21/h2-10,13H,11-12H2,1H3,(H,26,29)(H,27,30)(H,23,24,31). The van der Waals surface area contributed by atoms with Crippen LogP contribution in [0.15, 0.2) is 65.8 Å². The Kier molecular flexibility index (Phi) is 6.31. The molecule has 0 saturated carbocycles. The van der Waals surface area contributed by atoms with Crippen LogP contribution >= 0.6 is 11.8 Å². The van der Waals surface area contributed by atoms with E-state index < -0.39 is 0 Å². The number of aryl methyl sites for hydroxylation is 1. The number of hydrogen-bond acceptors (Lipinski definition) is 6. The lowest BCUT2D eigenvalue weighted by molar-refractivity contribution is -0.114. The molecular formula is C22H20N6O3S. The maximum Gasteiger partial charge on any atom is 0.261 e. The molecule has 0 aliphatic rings. The number of nitrogens with zero attached hydrogens (tertiary/aromatic N) is 3. The lowest BCUT2D eigenvalue weighted by Gasteiger charge is -2.11. The fraction of sp³-hybridized carbons (Fsp3) is 0.136. The van der Waals surface area contributed by atoms with Gasteiger partial charge < -0.3 is 15.6 Å². The van der Waals surface area contributed by atoms with Gasteiger partial charge in [-0.05, 0) is 31.2 Å². The molecule has 0 atom stereocenters. The van der Waals surface area contributed by atoms with E-state index in [9.17, 15) is 14.4 Å². The number of para-hydroxylation sites is 2. The Balaban J connectivity index is 1.38. The summed E-state index contributed by atoms with van der Waals surface area (Å²) in [4.78, 5) is 43.2. The minimum absolute atomic E-state index is 0.105. The first-order valence-electron chi connectivity index (χ1n) is 9.76. The second-order valence-electron chi connectivity index (χ2n) is 7.00. The van der Waals surface area contributed by atoms with Gasteiger partial charge in [-0.3, -0.25) is 14.4 Å². The fourth-order valence-corrected chi connectivity index (χ4v) is 3.67. The average Bonchev–Trinajstić information content (AvgIpc) is 3.21. The number of anilines is 2. The molecule has 0 aliphatic heterocycles. The average molecular weight is 449 g/mol. The van der Waals surface area contributed by atoms with Crippen molar-refractivity contribution >= 4 is 46.0 Å². The normalized spacial score (nSPS) is 10.8. The minimum atomic E-state index is -0.289. The molecule has 3 N–H and O–H groups in total. The molecule has 0 bridgehead atoms. The predicted octanol–water partition coefficient (Wildman–Crippen LogP) is 2.73. The van der Waals surface area contributed by atoms with Crippen LogP contribution in [-0.4, -0.2) is 43.1 Å². The summed E-state index contributed by atoms with van der Waals surface area (Å²) in [5.74, 6) is -0.174. The number of hydrogen-bond donors (Lipinski definition) is 3. The number of H-pyrrole nitrogens is 1. The zero-order chi connectivity index (χ0) is 22.5. The van der Waals surface area contributed by atoms with Gasteiger partial charge in [-0.2, -0.15) is 5.10 Å². The Morgan fingerprint density at radius 1 is 1.03 bits per heavy atom. The highest BCUT2D eigenvalue weighted by Crippen LogP contribution is 2.22. The van der Waals surface area contributed by atoms with E-state index in [0.717, 1.165) is 11.3 Å². The molecule has 0 spiro atoms. The molecule has 0 radical (unpaired) electrons. The highest BCUT2D eigenvalue weighted by atomic mass is 32.2. The smallest absolute Gasteiger partial charge is 0.261 e. The van der Waals surface area contributed by atoms with Gasteiger partial charge in [0.2, 0.25) is 11.8 Å². The fourth-order valence-electron chi connectivity index (χ4n) is 3.05. The van der Waals surface area contributed by atoms with Crippen molar-refractivity contribution < 1.29 is 9.59 Å². The topological polar surface area (TPSA) is 122 Å². The molecule has 2 aromatic carbocycles. The van der Waals surface area contributed by atoms with E-state index in [1.54, 1.807) is 24.3 Å². The SMILES string of the molecule is Cc1ccc(NC(=O)CSCC(=O)Nc2ccccc2-n2ncc3c(=O)[nH]cnc32)cc1. The van der Waals surface area contributed by atoms with E-state index in [1.807, 2.05) is 31.2 Å². The van der Waals surface area contributed by atoms with Gasteiger partial charge >= 0.3 is 0 Å². The summed E-state index contributed by atoms with van der Waals surface area (Å²) in [6, 6.07) is 14.6. The van der Waals surface area contributed by atoms with Crippen LogP contribution in [0.1, 0.15) is 5.56 Å². The van der Waals surface area contributed by atoms with Crippen LogP contribution in [0.5, 0.6) is 0 Å². The van der Waals surface area contributed by atoms with E-state index in [0.29, 0.717) is 22.4 Å². The van der Waals surface area contributed by atoms with Gasteiger partial charge in [0, 0.05) is 5.69 Å². The largest absolute Gasteiger partial charge is 0.325 e. The van der Waals surface area contributed by atoms with Crippen molar-refractivity contribution in [2.75, 3.05) is 22.1 Å². The van der Waals surface area contributed by atoms with Gasteiger partial charge in [0.1, 0.15) is 5.39 Å². The van der Waals surface area contributed by atoms with E-state index in [1.165, 1.54) is 29.0 Å². The number of thioether (sulfide) groups is 1. The molecular weight excluding hydrogens is 428 g/mol. The highest BCUT2D eigenvalue weighted by molar-refractivity contribution is 8.00. The summed E-state index contributed by atoms with van der Waals surface area (Å²) in [5, 5.41) is 10.2. The third-order valence-corrected chi connectivity index (χ3v) is 5.51. The molecule has 4 rings (SSSR count). The maximum atomic E-state index is 12.5. The Labute approximate surface area is 187 Å². The number of rotatable bonds is 7. The summed E-state index contributed by atoms with van der Waals surface area (Å²) < 4.78 is 1.50. The summed E-state index contributed by atoms with van der Waals surface area (Å²) in [6.07, 6.45) is 2.74. The van der Waals surface area contributed by atoms with E-state index >= 15 is 0 Å². The van der Waals surface area contributed by atoms with E-state index in [-0.39, 0.29) is 28.9 Å². The van der Waals surface area contributed by atoms with Crippen molar-refractivity contribution in [3.05, 3.63) is 77.0 Å². The van der Waals surface area contributed by atoms with Gasteiger partial charge in [-0.1, -0.05) is 29.8 Å². The monoisotopic (exact) mass is 448 g/mol. The quantitative estimate of drug-likeness (QED) is 0.400. The lowest BCUT2D eigenvalue weighted by atomic mass is 10.2. The maximum absolute atomic E-state index is 12.5. The van der Waals surface area contributed by atoms with Crippen molar-refractivity contribution in [1.82, 2.24) is 19.7 Å². The Hall–Kier alpha value is -3.92. The molecule has 0 fully saturated rings. The van der Waals surface area contributed by atoms with E-state index in [2.05, 4.69) is 25.7 Å². The van der Waals surface area contributed by atoms with Gasteiger partial charge in [-0.25, -0.2) is 9.67 Å². The van der Waals surface area contributed by atoms with Crippen LogP contribution in [0.2, 0.25) is 0 Å². The van der Waals surface area contributed by atoms with Crippen LogP contribution in [-0.2, 0) is 9.59 Å². The lowest BCUT2D eigenvalue weighted by Crippen LogP contribution is -2.19. The summed E-state index contributed by atoms with van der Waals surface area (Å²) in [6.45, 7) is 1.98. The molecule has 162 valence electrons. The first-order valence-corrected chi connectivity index (χ1v) is 10.9. The van der Waals surface area contributed by atoms with Crippen molar-refractivity contribution in [2.45, 2.75) is 6.92 Å². The summed E-state index contributed by atoms with van der Waals surface area (Å²) in [7, 11) is 0. The molecule has 4 aromatic rings. The molecule has 2 heterocycles. The number of aromatic amines is 1. The second kappa shape index (κ2) is 9.48. The number of carbonyl (C=O) groups excluding carboxylic acids is 2. The molecule has 10 heteroatoms. The number of aromatic nitrogens is 4. The zero-order valence-corrected chi connectivity index (χ0v) is 18.0. The van der Waals surface area contributed by atoms with Crippen molar-refractivity contribution in [2.24, 2.45) is 0 Å². The van der Waals surface area contributed by atoms with Gasteiger partial charge in [0.15, 0.2) is 5.65 Å². The number of fused-ring (bicyclic) bond motifs is 1. The van der Waals surface area contributed by atoms with Crippen molar-refractivity contribution in [3.8, 4) is 5.69 Å². The third-order valence-electron chi connectivity index (χ3n) is 4.58. The molecule has 0 aliphatic carbocycles. The van der Waals surface area contributed by atoms with Crippen LogP contribution in [0.4, 0.5) is 11.4 Å². The first-order chi connectivity index (χ1) is 15.5. The number of carbonyl (C=O) groups is 2. The zero-order valence-electron chi connectivity index (χ0n) is 17.2. The molecule has 2 aromatic heterocycles. The van der Waals surface area contributed by atoms with Gasteiger partial charge in [0.25, 0.3) is 5.56 Å². The number of amides is 2. The van der Waals surface area contributed by atoms with Crippen molar-refractivity contribution in [1.29, 1.82) is 0 Å². The Morgan fingerprint density at radius 3 is 2.53 bits per heavy atom. The van der Waals surface area contributed by atoms with Crippen LogP contribution in [0.3, 0.4) is 0 Å². The minimum Gasteiger partial charge on any atom is -0.325 e. The third kappa shape index (κ3) is 4.86. The number of nitrogens with one attached hydrogen (secondary N) is 3. The second-order valence-corrected chi connectivity index (χ2v) is 7.98. The van der Waals surface area contributed by atoms with E-state index in [4.69, 9.17) is 0 Å². The highest BCUT2D eigenvalue weighted by Gasteiger charge is 2.14. The van der Waals surface area contributed by atoms with Gasteiger partial charge in [-0.15, -0.1) is 11.8 Å². The van der Waals surface area contributed by atoms with Gasteiger partial charge in [0.05, 0.1) is 35.4 Å². The molecule has 2 amide bonds. The molecule has 0 unspecified atom stereocenters. The van der Waals surface area contributed by atoms with Crippen LogP contribution < -0.4 is 16.2 Å². The predicted molar refractivity (Wildman–Crippen MR) is 125 cm³/mol. The molecule has 9 nitrogen and oxygen atoms in total. The van der Waals surface area contributed by atoms with Crippen LogP contribution in [0.25, 0.3) is 16.7 Å². The summed E-state index contributed by atoms with van der Waals surface area (Å²) >= 11 is 1.21. The van der Waals surface area contributed by atoms with Crippen LogP contribution in [0, 0.1) is 6.92 Å². The number of benzene rings is 2.